The quantitative estimate of drug-likeness (QED) is 0.798. The van der Waals surface area contributed by atoms with Gasteiger partial charge in [-0.05, 0) is 56.3 Å². The number of anilines is 1. The third-order valence-corrected chi connectivity index (χ3v) is 7.55. The molecule has 0 amide bonds. The molecule has 3 nitrogen and oxygen atoms in total. The summed E-state index contributed by atoms with van der Waals surface area (Å²) in [6.45, 7) is 2.42. The highest BCUT2D eigenvalue weighted by molar-refractivity contribution is 5.92. The number of nitrogens with one attached hydrogen (secondary N) is 1. The summed E-state index contributed by atoms with van der Waals surface area (Å²) >= 11 is 0. The van der Waals surface area contributed by atoms with Crippen LogP contribution in [0.3, 0.4) is 0 Å². The van der Waals surface area contributed by atoms with Crippen LogP contribution in [-0.4, -0.2) is 35.4 Å². The van der Waals surface area contributed by atoms with Crippen LogP contribution in [0.2, 0.25) is 0 Å². The number of nitrogens with zero attached hydrogens (tertiary/aromatic N) is 1. The van der Waals surface area contributed by atoms with Gasteiger partial charge < -0.3 is 5.32 Å². The fourth-order valence-electron chi connectivity index (χ4n) is 7.15. The van der Waals surface area contributed by atoms with E-state index in [1.165, 1.54) is 37.2 Å². The summed E-state index contributed by atoms with van der Waals surface area (Å²) in [7, 11) is 0. The molecular weight excluding hydrogens is 272 g/mol. The summed E-state index contributed by atoms with van der Waals surface area (Å²) in [6.07, 6.45) is 5.46. The zero-order chi connectivity index (χ0) is 14.5. The summed E-state index contributed by atoms with van der Waals surface area (Å²) < 4.78 is 0. The van der Waals surface area contributed by atoms with Crippen LogP contribution >= 0.6 is 0 Å². The number of carbonyl (C=O) groups is 1. The summed E-state index contributed by atoms with van der Waals surface area (Å²) in [6, 6.07) is 9.35. The molecule has 1 aromatic rings. The molecule has 2 spiro atoms. The summed E-state index contributed by atoms with van der Waals surface area (Å²) in [5.74, 6) is 1.80. The predicted octanol–water partition coefficient (Wildman–Crippen LogP) is 2.78. The predicted molar refractivity (Wildman–Crippen MR) is 84.9 cm³/mol. The van der Waals surface area contributed by atoms with Crippen LogP contribution in [0.1, 0.15) is 43.6 Å². The van der Waals surface area contributed by atoms with E-state index in [0.29, 0.717) is 23.7 Å². The van der Waals surface area contributed by atoms with E-state index < -0.39 is 0 Å². The van der Waals surface area contributed by atoms with E-state index >= 15 is 0 Å². The van der Waals surface area contributed by atoms with Gasteiger partial charge in [0.05, 0.1) is 5.54 Å². The summed E-state index contributed by atoms with van der Waals surface area (Å²) in [5.41, 5.74) is 2.80. The Balaban J connectivity index is 1.60. The Morgan fingerprint density at radius 3 is 3.09 bits per heavy atom. The van der Waals surface area contributed by atoms with Crippen molar-refractivity contribution in [3.05, 3.63) is 29.8 Å². The Morgan fingerprint density at radius 1 is 1.23 bits per heavy atom. The molecule has 1 aromatic carbocycles. The molecular formula is C19H22N2O. The normalized spacial score (nSPS) is 47.8. The van der Waals surface area contributed by atoms with Crippen molar-refractivity contribution in [1.82, 2.24) is 4.90 Å². The Labute approximate surface area is 131 Å². The number of ketones is 1. The highest BCUT2D eigenvalue weighted by atomic mass is 16.1. The molecule has 2 saturated heterocycles. The maximum absolute atomic E-state index is 13.2. The molecule has 5 atom stereocenters. The lowest BCUT2D eigenvalue weighted by molar-refractivity contribution is -0.133. The second-order valence-electron chi connectivity index (χ2n) is 8.32. The molecule has 2 aliphatic carbocycles. The van der Waals surface area contributed by atoms with Crippen LogP contribution in [0.15, 0.2) is 24.3 Å². The van der Waals surface area contributed by atoms with Gasteiger partial charge in [0, 0.05) is 29.5 Å². The molecule has 2 bridgehead atoms. The van der Waals surface area contributed by atoms with E-state index in [0.717, 1.165) is 19.3 Å². The number of para-hydroxylation sites is 1. The van der Waals surface area contributed by atoms with Crippen molar-refractivity contribution < 1.29 is 4.79 Å². The molecule has 3 heterocycles. The molecule has 2 saturated carbocycles. The van der Waals surface area contributed by atoms with Gasteiger partial charge >= 0.3 is 0 Å². The maximum Gasteiger partial charge on any atom is 0.143 e. The highest BCUT2D eigenvalue weighted by Crippen LogP contribution is 2.69. The number of hydrogen-bond donors (Lipinski definition) is 1. The third kappa shape index (κ3) is 1.13. The van der Waals surface area contributed by atoms with Gasteiger partial charge in [-0.15, -0.1) is 0 Å². The average molecular weight is 294 g/mol. The molecule has 6 rings (SSSR count). The highest BCUT2D eigenvalue weighted by Gasteiger charge is 2.72. The molecule has 1 N–H and O–H groups in total. The van der Waals surface area contributed by atoms with Crippen molar-refractivity contribution in [3.63, 3.8) is 0 Å². The standard InChI is InChI=1S/C19H22N2O/c22-15-10-19-11-18(15)7-3-8-21-9-6-13(17(18)21)16(19)12-4-1-2-5-14(12)20-19/h1-2,4-5,13,16-17,20H,3,6-11H2/t13-,16-,17-,18-,19+/m1/s1. The van der Waals surface area contributed by atoms with Gasteiger partial charge in [-0.3, -0.25) is 9.69 Å². The Kier molecular flexibility index (Phi) is 1.98. The number of benzene rings is 1. The average Bonchev–Trinajstić information content (AvgIpc) is 3.12. The van der Waals surface area contributed by atoms with E-state index in [4.69, 9.17) is 0 Å². The van der Waals surface area contributed by atoms with Gasteiger partial charge in [0.25, 0.3) is 0 Å². The molecule has 0 aromatic heterocycles. The lowest BCUT2D eigenvalue weighted by Crippen LogP contribution is -2.59. The van der Waals surface area contributed by atoms with Crippen molar-refractivity contribution >= 4 is 11.5 Å². The van der Waals surface area contributed by atoms with Crippen LogP contribution in [-0.2, 0) is 4.79 Å². The number of rotatable bonds is 0. The smallest absolute Gasteiger partial charge is 0.143 e. The first-order valence-corrected chi connectivity index (χ1v) is 8.88. The van der Waals surface area contributed by atoms with E-state index in [1.54, 1.807) is 0 Å². The SMILES string of the molecule is O=C1C[C@]23C[C@]14CCCN1CC[C@H]([C@H]2c2ccccc2N3)[C@@H]14. The Bertz CT molecular complexity index is 700. The first kappa shape index (κ1) is 12.1. The second kappa shape index (κ2) is 3.59. The minimum atomic E-state index is -0.0229. The van der Waals surface area contributed by atoms with Gasteiger partial charge in [0.15, 0.2) is 0 Å². The van der Waals surface area contributed by atoms with Crippen molar-refractivity contribution in [1.29, 1.82) is 0 Å². The van der Waals surface area contributed by atoms with Crippen LogP contribution in [0.4, 0.5) is 5.69 Å². The number of Topliss-reactive ketones (excluding diaryl/α,β-unsaturated/α-hetero) is 1. The minimum absolute atomic E-state index is 0.0229. The maximum atomic E-state index is 13.2. The summed E-state index contributed by atoms with van der Waals surface area (Å²) in [5, 5.41) is 3.84. The molecule has 4 fully saturated rings. The van der Waals surface area contributed by atoms with E-state index in [-0.39, 0.29) is 11.0 Å². The summed E-state index contributed by atoms with van der Waals surface area (Å²) in [4.78, 5) is 15.8. The number of piperidine rings is 1. The zero-order valence-corrected chi connectivity index (χ0v) is 12.8. The van der Waals surface area contributed by atoms with Gasteiger partial charge in [-0.2, -0.15) is 0 Å². The molecule has 0 unspecified atom stereocenters. The fraction of sp³-hybridized carbons (Fsp3) is 0.632. The Morgan fingerprint density at radius 2 is 2.14 bits per heavy atom. The zero-order valence-electron chi connectivity index (χ0n) is 12.8. The molecule has 0 radical (unpaired) electrons. The Hall–Kier alpha value is -1.35. The topological polar surface area (TPSA) is 32.3 Å². The lowest BCUT2D eigenvalue weighted by Gasteiger charge is -2.53. The van der Waals surface area contributed by atoms with Gasteiger partial charge in [-0.1, -0.05) is 18.2 Å². The fourth-order valence-corrected chi connectivity index (χ4v) is 7.15. The van der Waals surface area contributed by atoms with Gasteiger partial charge in [-0.25, -0.2) is 0 Å². The number of fused-ring (bicyclic) bond motifs is 3. The monoisotopic (exact) mass is 294 g/mol. The van der Waals surface area contributed by atoms with E-state index in [2.05, 4.69) is 34.5 Å². The van der Waals surface area contributed by atoms with Crippen molar-refractivity contribution in [3.8, 4) is 0 Å². The molecule has 3 aliphatic heterocycles. The van der Waals surface area contributed by atoms with Crippen LogP contribution in [0.5, 0.6) is 0 Å². The minimum Gasteiger partial charge on any atom is -0.378 e. The molecule has 114 valence electrons. The largest absolute Gasteiger partial charge is 0.378 e. The van der Waals surface area contributed by atoms with Crippen LogP contribution in [0, 0.1) is 11.3 Å². The lowest BCUT2D eigenvalue weighted by atomic mass is 9.57. The van der Waals surface area contributed by atoms with Gasteiger partial charge in [0.1, 0.15) is 5.78 Å². The van der Waals surface area contributed by atoms with E-state index in [9.17, 15) is 4.79 Å². The first-order valence-electron chi connectivity index (χ1n) is 8.88. The molecule has 5 aliphatic rings. The van der Waals surface area contributed by atoms with Crippen molar-refractivity contribution in [2.45, 2.75) is 49.6 Å². The van der Waals surface area contributed by atoms with Crippen molar-refractivity contribution in [2.24, 2.45) is 11.3 Å². The number of hydrogen-bond acceptors (Lipinski definition) is 3. The number of carbonyl (C=O) groups excluding carboxylic acids is 1. The van der Waals surface area contributed by atoms with Crippen LogP contribution in [0.25, 0.3) is 0 Å². The van der Waals surface area contributed by atoms with Crippen LogP contribution < -0.4 is 5.32 Å². The molecule has 22 heavy (non-hydrogen) atoms. The van der Waals surface area contributed by atoms with Crippen molar-refractivity contribution in [2.75, 3.05) is 18.4 Å². The van der Waals surface area contributed by atoms with Gasteiger partial charge in [0.2, 0.25) is 0 Å². The molecule has 3 heteroatoms. The second-order valence-corrected chi connectivity index (χ2v) is 8.32. The third-order valence-electron chi connectivity index (χ3n) is 7.55. The first-order chi connectivity index (χ1) is 10.7. The van der Waals surface area contributed by atoms with E-state index in [1.807, 2.05) is 0 Å².